The van der Waals surface area contributed by atoms with E-state index in [2.05, 4.69) is 32.9 Å². The Morgan fingerprint density at radius 2 is 2.32 bits per heavy atom. The van der Waals surface area contributed by atoms with Gasteiger partial charge in [-0.2, -0.15) is 5.10 Å². The van der Waals surface area contributed by atoms with Crippen LogP contribution in [0.5, 0.6) is 0 Å². The average Bonchev–Trinajstić information content (AvgIpc) is 2.97. The Balaban J connectivity index is 1.78. The molecule has 1 aromatic rings. The summed E-state index contributed by atoms with van der Waals surface area (Å²) >= 11 is 6.87. The zero-order valence-corrected chi connectivity index (χ0v) is 14.5. The van der Waals surface area contributed by atoms with Gasteiger partial charge in [0.1, 0.15) is 0 Å². The minimum Gasteiger partial charge on any atom is -0.383 e. The van der Waals surface area contributed by atoms with Crippen LogP contribution >= 0.6 is 23.6 Å². The van der Waals surface area contributed by atoms with Crippen LogP contribution in [0.1, 0.15) is 11.8 Å². The van der Waals surface area contributed by atoms with Gasteiger partial charge in [0.25, 0.3) is 0 Å². The second-order valence-electron chi connectivity index (χ2n) is 4.98. The second kappa shape index (κ2) is 9.04. The van der Waals surface area contributed by atoms with Crippen LogP contribution in [-0.2, 0) is 9.47 Å². The second-order valence-corrected chi connectivity index (χ2v) is 6.48. The third-order valence-electron chi connectivity index (χ3n) is 3.09. The predicted octanol–water partition coefficient (Wildman–Crippen LogP) is 1.42. The Kier molecular flexibility index (Phi) is 7.04. The Bertz CT molecular complexity index is 501. The van der Waals surface area contributed by atoms with Gasteiger partial charge in [-0.05, 0) is 31.3 Å². The number of nitrogens with one attached hydrogen (secondary N) is 2. The molecule has 0 amide bonds. The lowest BCUT2D eigenvalue weighted by molar-refractivity contribution is 0.123. The van der Waals surface area contributed by atoms with Gasteiger partial charge in [0.15, 0.2) is 5.11 Å². The molecule has 1 aromatic heterocycles. The number of hydrazone groups is 1. The third-order valence-corrected chi connectivity index (χ3v) is 4.38. The van der Waals surface area contributed by atoms with Gasteiger partial charge in [-0.15, -0.1) is 11.3 Å². The highest BCUT2D eigenvalue weighted by atomic mass is 32.1. The van der Waals surface area contributed by atoms with Crippen molar-refractivity contribution in [1.82, 2.24) is 10.7 Å². The molecule has 0 aliphatic carbocycles. The van der Waals surface area contributed by atoms with Crippen molar-refractivity contribution in [2.45, 2.75) is 13.0 Å². The Labute approximate surface area is 140 Å². The molecular weight excluding hydrogens is 320 g/mol. The van der Waals surface area contributed by atoms with Crippen molar-refractivity contribution in [2.75, 3.05) is 44.9 Å². The molecule has 122 valence electrons. The molecule has 0 saturated carbocycles. The summed E-state index contributed by atoms with van der Waals surface area (Å²) in [6.45, 7) is 6.07. The van der Waals surface area contributed by atoms with Crippen LogP contribution in [0.25, 0.3) is 0 Å². The number of nitrogens with zero attached hydrogens (tertiary/aromatic N) is 2. The molecule has 0 radical (unpaired) electrons. The molecule has 1 aliphatic rings. The van der Waals surface area contributed by atoms with E-state index in [0.29, 0.717) is 11.7 Å². The van der Waals surface area contributed by atoms with E-state index in [-0.39, 0.29) is 6.04 Å². The minimum atomic E-state index is 0.148. The molecule has 0 bridgehead atoms. The van der Waals surface area contributed by atoms with Gasteiger partial charge in [-0.3, -0.25) is 5.43 Å². The molecule has 0 spiro atoms. The lowest BCUT2D eigenvalue weighted by atomic mass is 10.4. The first-order chi connectivity index (χ1) is 10.7. The van der Waals surface area contributed by atoms with E-state index in [9.17, 15) is 0 Å². The fraction of sp³-hybridized carbons (Fsp3) is 0.571. The number of anilines is 1. The van der Waals surface area contributed by atoms with Crippen LogP contribution in [0.3, 0.4) is 0 Å². The molecule has 1 fully saturated rings. The predicted molar refractivity (Wildman–Crippen MR) is 95.2 cm³/mol. The van der Waals surface area contributed by atoms with Crippen molar-refractivity contribution in [1.29, 1.82) is 0 Å². The number of morpholine rings is 1. The molecule has 2 N–H and O–H groups in total. The molecule has 2 heterocycles. The van der Waals surface area contributed by atoms with Gasteiger partial charge in [0, 0.05) is 31.1 Å². The first-order valence-corrected chi connectivity index (χ1v) is 8.42. The Morgan fingerprint density at radius 3 is 3.05 bits per heavy atom. The zero-order chi connectivity index (χ0) is 15.8. The normalized spacial score (nSPS) is 16.7. The van der Waals surface area contributed by atoms with Crippen molar-refractivity contribution < 1.29 is 9.47 Å². The number of thiocarbonyl (C=S) groups is 1. The SMILES string of the molecule is COC[C@@H](C)NC(=S)N/N=C\c1ccc(N2CCOCC2)s1. The van der Waals surface area contributed by atoms with Crippen LogP contribution in [-0.4, -0.2) is 57.4 Å². The summed E-state index contributed by atoms with van der Waals surface area (Å²) in [4.78, 5) is 3.42. The quantitative estimate of drug-likeness (QED) is 0.463. The molecule has 1 atom stereocenters. The maximum atomic E-state index is 5.36. The van der Waals surface area contributed by atoms with Crippen LogP contribution < -0.4 is 15.6 Å². The van der Waals surface area contributed by atoms with E-state index in [1.54, 1.807) is 24.7 Å². The summed E-state index contributed by atoms with van der Waals surface area (Å²) in [6.07, 6.45) is 1.78. The Hall–Kier alpha value is -1.22. The first kappa shape index (κ1) is 17.1. The highest BCUT2D eigenvalue weighted by molar-refractivity contribution is 7.80. The smallest absolute Gasteiger partial charge is 0.187 e. The lowest BCUT2D eigenvalue weighted by Crippen LogP contribution is -2.40. The number of hydrogen-bond donors (Lipinski definition) is 2. The summed E-state index contributed by atoms with van der Waals surface area (Å²) in [5.74, 6) is 0. The van der Waals surface area contributed by atoms with E-state index in [0.717, 1.165) is 31.2 Å². The van der Waals surface area contributed by atoms with Crippen LogP contribution in [0.2, 0.25) is 0 Å². The molecule has 22 heavy (non-hydrogen) atoms. The van der Waals surface area contributed by atoms with Crippen LogP contribution in [0, 0.1) is 0 Å². The number of thiophene rings is 1. The van der Waals surface area contributed by atoms with Gasteiger partial charge in [-0.25, -0.2) is 0 Å². The van der Waals surface area contributed by atoms with E-state index in [1.807, 2.05) is 6.92 Å². The van der Waals surface area contributed by atoms with Gasteiger partial charge >= 0.3 is 0 Å². The fourth-order valence-corrected chi connectivity index (χ4v) is 3.25. The summed E-state index contributed by atoms with van der Waals surface area (Å²) < 4.78 is 10.4. The average molecular weight is 342 g/mol. The highest BCUT2D eigenvalue weighted by Gasteiger charge is 2.12. The van der Waals surface area contributed by atoms with Crippen LogP contribution in [0.4, 0.5) is 5.00 Å². The van der Waals surface area contributed by atoms with E-state index in [1.165, 1.54) is 5.00 Å². The van der Waals surface area contributed by atoms with Gasteiger partial charge < -0.3 is 19.7 Å². The largest absolute Gasteiger partial charge is 0.383 e. The third kappa shape index (κ3) is 5.53. The standard InChI is InChI=1S/C14H22N4O2S2/c1-11(10-19-2)16-14(21)17-15-9-12-3-4-13(22-12)18-5-7-20-8-6-18/h3-4,9,11H,5-8,10H2,1-2H3,(H2,16,17,21)/b15-9-/t11-/m1/s1. The number of rotatable bonds is 6. The summed E-state index contributed by atoms with van der Waals surface area (Å²) in [5, 5.41) is 8.99. The Morgan fingerprint density at radius 1 is 1.55 bits per heavy atom. The molecule has 0 unspecified atom stereocenters. The lowest BCUT2D eigenvalue weighted by Gasteiger charge is -2.27. The van der Waals surface area contributed by atoms with Gasteiger partial charge in [-0.1, -0.05) is 0 Å². The minimum absolute atomic E-state index is 0.148. The summed E-state index contributed by atoms with van der Waals surface area (Å²) in [5.41, 5.74) is 2.82. The van der Waals surface area contributed by atoms with Crippen LogP contribution in [0.15, 0.2) is 17.2 Å². The topological polar surface area (TPSA) is 58.1 Å². The number of methoxy groups -OCH3 is 1. The fourth-order valence-electron chi connectivity index (χ4n) is 2.07. The highest BCUT2D eigenvalue weighted by Crippen LogP contribution is 2.25. The molecule has 0 aromatic carbocycles. The summed E-state index contributed by atoms with van der Waals surface area (Å²) in [6, 6.07) is 4.33. The number of ether oxygens (including phenoxy) is 2. The molecule has 1 aliphatic heterocycles. The van der Waals surface area contributed by atoms with Crippen molar-refractivity contribution in [3.8, 4) is 0 Å². The number of hydrogen-bond acceptors (Lipinski definition) is 6. The first-order valence-electron chi connectivity index (χ1n) is 7.20. The maximum Gasteiger partial charge on any atom is 0.187 e. The van der Waals surface area contributed by atoms with Gasteiger partial charge in [0.05, 0.1) is 31.0 Å². The van der Waals surface area contributed by atoms with Gasteiger partial charge in [0.2, 0.25) is 0 Å². The summed E-state index contributed by atoms with van der Waals surface area (Å²) in [7, 11) is 1.66. The van der Waals surface area contributed by atoms with Crippen molar-refractivity contribution in [3.05, 3.63) is 17.0 Å². The molecule has 1 saturated heterocycles. The molecule has 6 nitrogen and oxygen atoms in total. The molecule has 2 rings (SSSR count). The van der Waals surface area contributed by atoms with Crippen molar-refractivity contribution >= 4 is 39.9 Å². The monoisotopic (exact) mass is 342 g/mol. The van der Waals surface area contributed by atoms with Crippen molar-refractivity contribution in [2.24, 2.45) is 5.10 Å². The molecule has 8 heteroatoms. The van der Waals surface area contributed by atoms with Crippen molar-refractivity contribution in [3.63, 3.8) is 0 Å². The van der Waals surface area contributed by atoms with E-state index >= 15 is 0 Å². The van der Waals surface area contributed by atoms with E-state index < -0.39 is 0 Å². The van der Waals surface area contributed by atoms with E-state index in [4.69, 9.17) is 21.7 Å². The zero-order valence-electron chi connectivity index (χ0n) is 12.9. The molecular formula is C14H22N4O2S2. The maximum absolute atomic E-state index is 5.36.